The molecule has 3 aromatic rings. The smallest absolute Gasteiger partial charge is 0.255 e. The highest BCUT2D eigenvalue weighted by atomic mass is 19.2. The molecule has 0 aliphatic carbocycles. The number of nitrogens with one attached hydrogen (secondary N) is 2. The lowest BCUT2D eigenvalue weighted by atomic mass is 10.1. The SMILES string of the molecule is Cc1cc(C)cc(NC(=O)c2ccc(C(=O)Nc3ccc(F)c(F)c3F)cc2)c1. The molecule has 0 saturated carbocycles. The van der Waals surface area contributed by atoms with Gasteiger partial charge in [-0.1, -0.05) is 6.07 Å². The van der Waals surface area contributed by atoms with Crippen LogP contribution >= 0.6 is 0 Å². The van der Waals surface area contributed by atoms with Crippen LogP contribution in [0.15, 0.2) is 54.6 Å². The predicted octanol–water partition coefficient (Wildman–Crippen LogP) is 5.23. The van der Waals surface area contributed by atoms with Gasteiger partial charge in [0.15, 0.2) is 17.5 Å². The second kappa shape index (κ2) is 8.18. The lowest BCUT2D eigenvalue weighted by Crippen LogP contribution is -2.15. The standard InChI is InChI=1S/C22H17F3N2O2/c1-12-9-13(2)11-16(10-12)26-21(28)14-3-5-15(6-4-14)22(29)27-18-8-7-17(23)19(24)20(18)25/h3-11H,1-2H3,(H,26,28)(H,27,29). The molecule has 0 unspecified atom stereocenters. The van der Waals surface area contributed by atoms with Gasteiger partial charge in [0.1, 0.15) is 0 Å². The molecule has 0 radical (unpaired) electrons. The van der Waals surface area contributed by atoms with E-state index < -0.39 is 29.0 Å². The normalized spacial score (nSPS) is 10.5. The Bertz CT molecular complexity index is 1080. The van der Waals surface area contributed by atoms with Crippen LogP contribution in [0.5, 0.6) is 0 Å². The summed E-state index contributed by atoms with van der Waals surface area (Å²) in [5.41, 5.74) is 2.64. The van der Waals surface area contributed by atoms with E-state index in [0.29, 0.717) is 17.3 Å². The monoisotopic (exact) mass is 398 g/mol. The van der Waals surface area contributed by atoms with Crippen LogP contribution in [0.4, 0.5) is 24.5 Å². The molecule has 0 bridgehead atoms. The molecular weight excluding hydrogens is 381 g/mol. The molecule has 7 heteroatoms. The summed E-state index contributed by atoms with van der Waals surface area (Å²) in [5.74, 6) is -5.58. The maximum atomic E-state index is 13.7. The maximum Gasteiger partial charge on any atom is 0.255 e. The third-order valence-corrected chi connectivity index (χ3v) is 4.17. The third-order valence-electron chi connectivity index (χ3n) is 4.17. The van der Waals surface area contributed by atoms with Crippen LogP contribution in [0, 0.1) is 31.3 Å². The Morgan fingerprint density at radius 1 is 0.690 bits per heavy atom. The molecule has 4 nitrogen and oxygen atoms in total. The van der Waals surface area contributed by atoms with E-state index in [9.17, 15) is 22.8 Å². The van der Waals surface area contributed by atoms with Crippen LogP contribution in [0.2, 0.25) is 0 Å². The van der Waals surface area contributed by atoms with E-state index in [-0.39, 0.29) is 11.5 Å². The molecule has 0 saturated heterocycles. The van der Waals surface area contributed by atoms with Gasteiger partial charge in [-0.3, -0.25) is 9.59 Å². The van der Waals surface area contributed by atoms with Crippen LogP contribution in [-0.2, 0) is 0 Å². The zero-order valence-electron chi connectivity index (χ0n) is 15.6. The first-order valence-corrected chi connectivity index (χ1v) is 8.69. The van der Waals surface area contributed by atoms with Crippen LogP contribution in [0.3, 0.4) is 0 Å². The van der Waals surface area contributed by atoms with Crippen molar-refractivity contribution in [1.29, 1.82) is 0 Å². The molecule has 0 aromatic heterocycles. The molecular formula is C22H17F3N2O2. The summed E-state index contributed by atoms with van der Waals surface area (Å²) in [7, 11) is 0. The van der Waals surface area contributed by atoms with Crippen LogP contribution in [-0.4, -0.2) is 11.8 Å². The first-order valence-electron chi connectivity index (χ1n) is 8.69. The van der Waals surface area contributed by atoms with E-state index in [1.807, 2.05) is 32.0 Å². The van der Waals surface area contributed by atoms with Gasteiger partial charge in [-0.15, -0.1) is 0 Å². The minimum absolute atomic E-state index is 0.122. The zero-order valence-corrected chi connectivity index (χ0v) is 15.6. The van der Waals surface area contributed by atoms with Crippen molar-refractivity contribution >= 4 is 23.2 Å². The molecule has 2 amide bonds. The molecule has 148 valence electrons. The Hall–Kier alpha value is -3.61. The summed E-state index contributed by atoms with van der Waals surface area (Å²) in [6.07, 6.45) is 0. The molecule has 0 aliphatic heterocycles. The van der Waals surface area contributed by atoms with E-state index >= 15 is 0 Å². The van der Waals surface area contributed by atoms with E-state index in [2.05, 4.69) is 10.6 Å². The summed E-state index contributed by atoms with van der Waals surface area (Å²) in [6.45, 7) is 3.85. The Balaban J connectivity index is 1.71. The molecule has 29 heavy (non-hydrogen) atoms. The molecule has 3 rings (SSSR count). The first kappa shape index (κ1) is 20.1. The van der Waals surface area contributed by atoms with Crippen LogP contribution < -0.4 is 10.6 Å². The van der Waals surface area contributed by atoms with Gasteiger partial charge < -0.3 is 10.6 Å². The number of halogens is 3. The van der Waals surface area contributed by atoms with E-state index in [1.54, 1.807) is 0 Å². The molecule has 0 aliphatic rings. The lowest BCUT2D eigenvalue weighted by molar-refractivity contribution is 0.101. The number of carbonyl (C=O) groups is 2. The minimum Gasteiger partial charge on any atom is -0.322 e. The number of amides is 2. The highest BCUT2D eigenvalue weighted by molar-refractivity contribution is 6.07. The van der Waals surface area contributed by atoms with Crippen molar-refractivity contribution in [2.45, 2.75) is 13.8 Å². The number of hydrogen-bond donors (Lipinski definition) is 2. The highest BCUT2D eigenvalue weighted by Gasteiger charge is 2.16. The van der Waals surface area contributed by atoms with Crippen molar-refractivity contribution in [1.82, 2.24) is 0 Å². The molecule has 0 heterocycles. The van der Waals surface area contributed by atoms with Gasteiger partial charge in [0.05, 0.1) is 5.69 Å². The molecule has 0 spiro atoms. The summed E-state index contributed by atoms with van der Waals surface area (Å²) in [5, 5.41) is 4.96. The average molecular weight is 398 g/mol. The fourth-order valence-corrected chi connectivity index (χ4v) is 2.84. The first-order chi connectivity index (χ1) is 13.7. The van der Waals surface area contributed by atoms with Crippen molar-refractivity contribution in [2.24, 2.45) is 0 Å². The summed E-state index contributed by atoms with van der Waals surface area (Å²) < 4.78 is 39.9. The second-order valence-electron chi connectivity index (χ2n) is 6.58. The summed E-state index contributed by atoms with van der Waals surface area (Å²) >= 11 is 0. The van der Waals surface area contributed by atoms with Crippen molar-refractivity contribution in [3.8, 4) is 0 Å². The fraction of sp³-hybridized carbons (Fsp3) is 0.0909. The molecule has 0 fully saturated rings. The number of aryl methyl sites for hydroxylation is 2. The van der Waals surface area contributed by atoms with Gasteiger partial charge in [-0.2, -0.15) is 0 Å². The zero-order chi connectivity index (χ0) is 21.1. The third kappa shape index (κ3) is 4.63. The number of carbonyl (C=O) groups excluding carboxylic acids is 2. The van der Waals surface area contributed by atoms with E-state index in [0.717, 1.165) is 17.2 Å². The van der Waals surface area contributed by atoms with Crippen molar-refractivity contribution < 1.29 is 22.8 Å². The Kier molecular flexibility index (Phi) is 5.68. The van der Waals surface area contributed by atoms with E-state index in [4.69, 9.17) is 0 Å². The van der Waals surface area contributed by atoms with Gasteiger partial charge in [-0.25, -0.2) is 13.2 Å². The highest BCUT2D eigenvalue weighted by Crippen LogP contribution is 2.21. The molecule has 0 atom stereocenters. The summed E-state index contributed by atoms with van der Waals surface area (Å²) in [4.78, 5) is 24.6. The maximum absolute atomic E-state index is 13.7. The van der Waals surface area contributed by atoms with Crippen molar-refractivity contribution in [3.05, 3.63) is 94.3 Å². The van der Waals surface area contributed by atoms with Crippen LogP contribution in [0.25, 0.3) is 0 Å². The Morgan fingerprint density at radius 3 is 1.76 bits per heavy atom. The molecule has 2 N–H and O–H groups in total. The quantitative estimate of drug-likeness (QED) is 0.592. The van der Waals surface area contributed by atoms with Crippen LogP contribution in [0.1, 0.15) is 31.8 Å². The number of hydrogen-bond acceptors (Lipinski definition) is 2. The Labute approximate surface area is 165 Å². The average Bonchev–Trinajstić information content (AvgIpc) is 2.67. The van der Waals surface area contributed by atoms with Crippen molar-refractivity contribution in [2.75, 3.05) is 10.6 Å². The van der Waals surface area contributed by atoms with Crippen molar-refractivity contribution in [3.63, 3.8) is 0 Å². The Morgan fingerprint density at radius 2 is 1.21 bits per heavy atom. The number of rotatable bonds is 4. The fourth-order valence-electron chi connectivity index (χ4n) is 2.84. The second-order valence-corrected chi connectivity index (χ2v) is 6.58. The summed E-state index contributed by atoms with van der Waals surface area (Å²) in [6, 6.07) is 12.9. The van der Waals surface area contributed by atoms with Gasteiger partial charge in [0.25, 0.3) is 11.8 Å². The predicted molar refractivity (Wildman–Crippen MR) is 105 cm³/mol. The molecule has 3 aromatic carbocycles. The van der Waals surface area contributed by atoms with Gasteiger partial charge >= 0.3 is 0 Å². The minimum atomic E-state index is -1.67. The topological polar surface area (TPSA) is 58.2 Å². The van der Waals surface area contributed by atoms with Gasteiger partial charge in [0.2, 0.25) is 0 Å². The van der Waals surface area contributed by atoms with Gasteiger partial charge in [-0.05, 0) is 73.5 Å². The van der Waals surface area contributed by atoms with Gasteiger partial charge in [0, 0.05) is 16.8 Å². The number of anilines is 2. The largest absolute Gasteiger partial charge is 0.322 e. The van der Waals surface area contributed by atoms with E-state index in [1.165, 1.54) is 24.3 Å². The lowest BCUT2D eigenvalue weighted by Gasteiger charge is -2.09. The number of benzene rings is 3.